The topological polar surface area (TPSA) is 115 Å². The van der Waals surface area contributed by atoms with Gasteiger partial charge in [-0.3, -0.25) is 4.79 Å². The lowest BCUT2D eigenvalue weighted by molar-refractivity contribution is 0.0671. The minimum Gasteiger partial charge on any atom is -0.497 e. The molecule has 4 rings (SSSR count). The fourth-order valence-electron chi connectivity index (χ4n) is 3.64. The summed E-state index contributed by atoms with van der Waals surface area (Å²) < 4.78 is 12.1. The normalized spacial score (nSPS) is 13.5. The Kier molecular flexibility index (Phi) is 6.38. The van der Waals surface area contributed by atoms with E-state index < -0.39 is 0 Å². The molecule has 0 unspecified atom stereocenters. The van der Waals surface area contributed by atoms with Crippen LogP contribution in [0.25, 0.3) is 11.4 Å². The Morgan fingerprint density at radius 3 is 2.21 bits per heavy atom. The molecule has 0 aliphatic carbocycles. The lowest BCUT2D eigenvalue weighted by atomic mass is 10.1. The number of hydrogen-bond acceptors (Lipinski definition) is 7. The van der Waals surface area contributed by atoms with Crippen molar-refractivity contribution < 1.29 is 19.1 Å². The monoisotopic (exact) mass is 451 g/mol. The molecule has 1 fully saturated rings. The molecule has 1 aromatic heterocycles. The Morgan fingerprint density at radius 2 is 1.61 bits per heavy atom. The second-order valence-corrected chi connectivity index (χ2v) is 7.52. The molecule has 1 aliphatic heterocycles. The maximum Gasteiger partial charge on any atom is 0.321 e. The minimum absolute atomic E-state index is 0.128. The zero-order chi connectivity index (χ0) is 23.4. The van der Waals surface area contributed by atoms with Crippen molar-refractivity contribution in [1.29, 1.82) is 0 Å². The molecule has 11 heteroatoms. The van der Waals surface area contributed by atoms with Gasteiger partial charge in [0, 0.05) is 56.1 Å². The van der Waals surface area contributed by atoms with Crippen LogP contribution < -0.4 is 14.8 Å². The van der Waals surface area contributed by atoms with Crippen molar-refractivity contribution >= 4 is 17.6 Å². The quantitative estimate of drug-likeness (QED) is 0.630. The SMILES string of the molecule is COc1cc(OC)cc(C(=O)N2CCN(C(=O)Nc3cccc(-c4nnnn4C)c3)CC2)c1. The van der Waals surface area contributed by atoms with E-state index in [2.05, 4.69) is 20.8 Å². The van der Waals surface area contributed by atoms with Gasteiger partial charge in [-0.15, -0.1) is 5.10 Å². The molecule has 11 nitrogen and oxygen atoms in total. The molecule has 1 aliphatic rings. The van der Waals surface area contributed by atoms with E-state index in [9.17, 15) is 9.59 Å². The number of hydrogen-bond donors (Lipinski definition) is 1. The third-order valence-electron chi connectivity index (χ3n) is 5.44. The highest BCUT2D eigenvalue weighted by Gasteiger charge is 2.25. The molecule has 0 saturated carbocycles. The van der Waals surface area contributed by atoms with Crippen molar-refractivity contribution in [2.24, 2.45) is 7.05 Å². The number of carbonyl (C=O) groups is 2. The number of nitrogens with one attached hydrogen (secondary N) is 1. The number of anilines is 1. The molecule has 0 atom stereocenters. The van der Waals surface area contributed by atoms with E-state index in [0.29, 0.717) is 54.8 Å². The number of aromatic nitrogens is 4. The summed E-state index contributed by atoms with van der Waals surface area (Å²) in [5.74, 6) is 1.58. The molecule has 33 heavy (non-hydrogen) atoms. The Bertz CT molecular complexity index is 1130. The van der Waals surface area contributed by atoms with Crippen LogP contribution in [0.5, 0.6) is 11.5 Å². The molecule has 172 valence electrons. The number of benzene rings is 2. The largest absolute Gasteiger partial charge is 0.497 e. The highest BCUT2D eigenvalue weighted by atomic mass is 16.5. The third kappa shape index (κ3) is 4.86. The number of rotatable bonds is 5. The van der Waals surface area contributed by atoms with Crippen LogP contribution in [0.15, 0.2) is 42.5 Å². The van der Waals surface area contributed by atoms with Gasteiger partial charge in [-0.05, 0) is 34.7 Å². The maximum atomic E-state index is 13.0. The van der Waals surface area contributed by atoms with Gasteiger partial charge in [0.1, 0.15) is 11.5 Å². The predicted octanol–water partition coefficient (Wildman–Crippen LogP) is 1.88. The van der Waals surface area contributed by atoms with E-state index in [4.69, 9.17) is 9.47 Å². The Hall–Kier alpha value is -4.15. The summed E-state index contributed by atoms with van der Waals surface area (Å²) in [5.41, 5.74) is 1.92. The molecular formula is C22H25N7O4. The molecule has 1 N–H and O–H groups in total. The van der Waals surface area contributed by atoms with Gasteiger partial charge in [0.25, 0.3) is 5.91 Å². The van der Waals surface area contributed by atoms with Crippen molar-refractivity contribution in [2.45, 2.75) is 0 Å². The fraction of sp³-hybridized carbons (Fsp3) is 0.318. The van der Waals surface area contributed by atoms with Crippen molar-refractivity contribution in [3.8, 4) is 22.9 Å². The molecular weight excluding hydrogens is 426 g/mol. The summed E-state index contributed by atoms with van der Waals surface area (Å²) in [6.07, 6.45) is 0. The van der Waals surface area contributed by atoms with E-state index in [1.807, 2.05) is 18.2 Å². The van der Waals surface area contributed by atoms with Gasteiger partial charge in [0.2, 0.25) is 0 Å². The van der Waals surface area contributed by atoms with Crippen LogP contribution in [0.4, 0.5) is 10.5 Å². The fourth-order valence-corrected chi connectivity index (χ4v) is 3.64. The minimum atomic E-state index is -0.224. The Balaban J connectivity index is 1.37. The van der Waals surface area contributed by atoms with Gasteiger partial charge in [-0.25, -0.2) is 9.48 Å². The number of carbonyl (C=O) groups excluding carboxylic acids is 2. The predicted molar refractivity (Wildman–Crippen MR) is 120 cm³/mol. The van der Waals surface area contributed by atoms with Crippen molar-refractivity contribution in [3.05, 3.63) is 48.0 Å². The average molecular weight is 451 g/mol. The summed E-state index contributed by atoms with van der Waals surface area (Å²) in [4.78, 5) is 29.1. The maximum absolute atomic E-state index is 13.0. The molecule has 3 amide bonds. The summed E-state index contributed by atoms with van der Waals surface area (Å²) in [6.45, 7) is 1.70. The van der Waals surface area contributed by atoms with Crippen LogP contribution in [0.2, 0.25) is 0 Å². The molecule has 1 saturated heterocycles. The van der Waals surface area contributed by atoms with Crippen molar-refractivity contribution in [2.75, 3.05) is 45.7 Å². The lowest BCUT2D eigenvalue weighted by Gasteiger charge is -2.34. The first-order chi connectivity index (χ1) is 16.0. The first kappa shape index (κ1) is 22.1. The van der Waals surface area contributed by atoms with Crippen molar-refractivity contribution in [3.63, 3.8) is 0 Å². The third-order valence-corrected chi connectivity index (χ3v) is 5.44. The van der Waals surface area contributed by atoms with Gasteiger partial charge in [-0.2, -0.15) is 0 Å². The lowest BCUT2D eigenvalue weighted by Crippen LogP contribution is -2.51. The van der Waals surface area contributed by atoms with Gasteiger partial charge >= 0.3 is 6.03 Å². The van der Waals surface area contributed by atoms with E-state index in [1.54, 1.807) is 60.0 Å². The van der Waals surface area contributed by atoms with Crippen LogP contribution in [0, 0.1) is 0 Å². The van der Waals surface area contributed by atoms with Gasteiger partial charge in [0.15, 0.2) is 5.82 Å². The van der Waals surface area contributed by atoms with Gasteiger partial charge in [-0.1, -0.05) is 12.1 Å². The van der Waals surface area contributed by atoms with Crippen LogP contribution in [-0.4, -0.2) is 82.3 Å². The zero-order valence-electron chi connectivity index (χ0n) is 18.7. The molecule has 0 spiro atoms. The first-order valence-corrected chi connectivity index (χ1v) is 10.4. The number of tetrazole rings is 1. The van der Waals surface area contributed by atoms with Crippen LogP contribution >= 0.6 is 0 Å². The number of urea groups is 1. The van der Waals surface area contributed by atoms with Crippen LogP contribution in [0.3, 0.4) is 0 Å². The molecule has 0 bridgehead atoms. The number of amides is 3. The molecule has 0 radical (unpaired) electrons. The smallest absolute Gasteiger partial charge is 0.321 e. The molecule has 3 aromatic rings. The summed E-state index contributed by atoms with van der Waals surface area (Å²) >= 11 is 0. The first-order valence-electron chi connectivity index (χ1n) is 10.4. The Morgan fingerprint density at radius 1 is 0.939 bits per heavy atom. The number of nitrogens with zero attached hydrogens (tertiary/aromatic N) is 6. The van der Waals surface area contributed by atoms with Crippen LogP contribution in [-0.2, 0) is 7.05 Å². The number of methoxy groups -OCH3 is 2. The average Bonchev–Trinajstić information content (AvgIpc) is 3.29. The van der Waals surface area contributed by atoms with Gasteiger partial charge < -0.3 is 24.6 Å². The zero-order valence-corrected chi connectivity index (χ0v) is 18.7. The van der Waals surface area contributed by atoms with E-state index in [0.717, 1.165) is 5.56 Å². The van der Waals surface area contributed by atoms with E-state index >= 15 is 0 Å². The summed E-state index contributed by atoms with van der Waals surface area (Å²) in [6, 6.07) is 12.2. The summed E-state index contributed by atoms with van der Waals surface area (Å²) in [7, 11) is 4.84. The standard InChI is InChI=1S/C22H25N7O4/c1-27-20(24-25-26-27)15-5-4-6-17(11-15)23-22(31)29-9-7-28(8-10-29)21(30)16-12-18(32-2)14-19(13-16)33-3/h4-6,11-14H,7-10H2,1-3H3,(H,23,31). The number of aryl methyl sites for hydroxylation is 1. The number of piperazine rings is 1. The second-order valence-electron chi connectivity index (χ2n) is 7.52. The Labute approximate surface area is 190 Å². The number of ether oxygens (including phenoxy) is 2. The summed E-state index contributed by atoms with van der Waals surface area (Å²) in [5, 5.41) is 14.4. The van der Waals surface area contributed by atoms with E-state index in [1.165, 1.54) is 0 Å². The van der Waals surface area contributed by atoms with Crippen LogP contribution in [0.1, 0.15) is 10.4 Å². The van der Waals surface area contributed by atoms with Gasteiger partial charge in [0.05, 0.1) is 14.2 Å². The second kappa shape index (κ2) is 9.55. The highest BCUT2D eigenvalue weighted by molar-refractivity contribution is 5.95. The highest BCUT2D eigenvalue weighted by Crippen LogP contribution is 2.24. The molecule has 2 heterocycles. The van der Waals surface area contributed by atoms with E-state index in [-0.39, 0.29) is 11.9 Å². The van der Waals surface area contributed by atoms with Crippen molar-refractivity contribution in [1.82, 2.24) is 30.0 Å². The molecule has 2 aromatic carbocycles.